The quantitative estimate of drug-likeness (QED) is 0.838. The second-order valence-corrected chi connectivity index (χ2v) is 6.85. The number of thiazole rings is 1. The number of anilines is 1. The van der Waals surface area contributed by atoms with Crippen LogP contribution in [0.3, 0.4) is 0 Å². The lowest BCUT2D eigenvalue weighted by atomic mass is 10.2. The molecule has 114 valence electrons. The van der Waals surface area contributed by atoms with Crippen LogP contribution in [0.1, 0.15) is 39.0 Å². The highest BCUT2D eigenvalue weighted by atomic mass is 32.1. The van der Waals surface area contributed by atoms with Crippen LogP contribution in [0.15, 0.2) is 6.20 Å². The van der Waals surface area contributed by atoms with Crippen molar-refractivity contribution in [2.75, 3.05) is 31.1 Å². The zero-order chi connectivity index (χ0) is 14.5. The Balaban J connectivity index is 1.90. The SMILES string of the molecule is CCN(CC)C1CCN(c2ncc(CNC(C)C)s2)C1. The highest BCUT2D eigenvalue weighted by molar-refractivity contribution is 7.15. The second-order valence-electron chi connectivity index (χ2n) is 5.75. The molecule has 0 aromatic carbocycles. The largest absolute Gasteiger partial charge is 0.346 e. The predicted octanol–water partition coefficient (Wildman–Crippen LogP) is 2.56. The summed E-state index contributed by atoms with van der Waals surface area (Å²) < 4.78 is 0. The van der Waals surface area contributed by atoms with Gasteiger partial charge in [0.15, 0.2) is 5.13 Å². The zero-order valence-electron chi connectivity index (χ0n) is 13.2. The number of nitrogens with one attached hydrogen (secondary N) is 1. The van der Waals surface area contributed by atoms with Crippen LogP contribution in [0.2, 0.25) is 0 Å². The summed E-state index contributed by atoms with van der Waals surface area (Å²) in [4.78, 5) is 11.0. The van der Waals surface area contributed by atoms with E-state index in [1.54, 1.807) is 0 Å². The summed E-state index contributed by atoms with van der Waals surface area (Å²) >= 11 is 1.83. The van der Waals surface area contributed by atoms with Gasteiger partial charge in [0.1, 0.15) is 0 Å². The van der Waals surface area contributed by atoms with Gasteiger partial charge < -0.3 is 10.2 Å². The summed E-state index contributed by atoms with van der Waals surface area (Å²) in [6.45, 7) is 14.4. The van der Waals surface area contributed by atoms with Crippen LogP contribution in [0.5, 0.6) is 0 Å². The highest BCUT2D eigenvalue weighted by Crippen LogP contribution is 2.27. The fourth-order valence-corrected chi connectivity index (χ4v) is 3.68. The minimum Gasteiger partial charge on any atom is -0.346 e. The Morgan fingerprint density at radius 1 is 1.45 bits per heavy atom. The van der Waals surface area contributed by atoms with Crippen LogP contribution in [0.4, 0.5) is 5.13 Å². The van der Waals surface area contributed by atoms with Crippen molar-refractivity contribution >= 4 is 16.5 Å². The third-order valence-corrected chi connectivity index (χ3v) is 5.05. The first-order valence-electron chi connectivity index (χ1n) is 7.81. The lowest BCUT2D eigenvalue weighted by Gasteiger charge is -2.25. The molecule has 1 unspecified atom stereocenters. The Morgan fingerprint density at radius 2 is 2.20 bits per heavy atom. The molecule has 1 aliphatic rings. The average molecular weight is 296 g/mol. The van der Waals surface area contributed by atoms with E-state index in [0.717, 1.165) is 32.7 Å². The number of rotatable bonds is 7. The molecular weight excluding hydrogens is 268 g/mol. The van der Waals surface area contributed by atoms with Crippen molar-refractivity contribution in [3.05, 3.63) is 11.1 Å². The van der Waals surface area contributed by atoms with Gasteiger partial charge in [0.2, 0.25) is 0 Å². The maximum absolute atomic E-state index is 4.61. The molecule has 1 atom stereocenters. The van der Waals surface area contributed by atoms with Gasteiger partial charge in [0.25, 0.3) is 0 Å². The van der Waals surface area contributed by atoms with Gasteiger partial charge in [0, 0.05) is 42.8 Å². The van der Waals surface area contributed by atoms with E-state index in [2.05, 4.69) is 47.8 Å². The van der Waals surface area contributed by atoms with Gasteiger partial charge in [-0.15, -0.1) is 11.3 Å². The Morgan fingerprint density at radius 3 is 2.85 bits per heavy atom. The lowest BCUT2D eigenvalue weighted by Crippen LogP contribution is -2.37. The number of aromatic nitrogens is 1. The predicted molar refractivity (Wildman–Crippen MR) is 87.6 cm³/mol. The zero-order valence-corrected chi connectivity index (χ0v) is 14.0. The Hall–Kier alpha value is -0.650. The van der Waals surface area contributed by atoms with E-state index in [-0.39, 0.29) is 0 Å². The van der Waals surface area contributed by atoms with Gasteiger partial charge >= 0.3 is 0 Å². The first-order chi connectivity index (χ1) is 9.63. The minimum atomic E-state index is 0.527. The Kier molecular flexibility index (Phi) is 5.81. The van der Waals surface area contributed by atoms with Gasteiger partial charge in [-0.05, 0) is 19.5 Å². The van der Waals surface area contributed by atoms with Crippen LogP contribution >= 0.6 is 11.3 Å². The molecule has 0 bridgehead atoms. The molecule has 20 heavy (non-hydrogen) atoms. The van der Waals surface area contributed by atoms with E-state index < -0.39 is 0 Å². The molecule has 1 aromatic rings. The number of likely N-dealkylation sites (N-methyl/N-ethyl adjacent to an activating group) is 1. The molecule has 1 N–H and O–H groups in total. The molecule has 2 heterocycles. The fraction of sp³-hybridized carbons (Fsp3) is 0.800. The van der Waals surface area contributed by atoms with Gasteiger partial charge in [-0.3, -0.25) is 4.90 Å². The van der Waals surface area contributed by atoms with Crippen molar-refractivity contribution in [1.29, 1.82) is 0 Å². The maximum atomic E-state index is 4.61. The van der Waals surface area contributed by atoms with E-state index in [9.17, 15) is 0 Å². The van der Waals surface area contributed by atoms with Crippen LogP contribution in [0, 0.1) is 0 Å². The van der Waals surface area contributed by atoms with Gasteiger partial charge in [-0.25, -0.2) is 4.98 Å². The average Bonchev–Trinajstić information content (AvgIpc) is 3.06. The summed E-state index contributed by atoms with van der Waals surface area (Å²) in [5, 5.41) is 4.65. The summed E-state index contributed by atoms with van der Waals surface area (Å²) in [7, 11) is 0. The summed E-state index contributed by atoms with van der Waals surface area (Å²) in [6.07, 6.45) is 3.29. The van der Waals surface area contributed by atoms with E-state index in [1.165, 1.54) is 16.4 Å². The number of hydrogen-bond donors (Lipinski definition) is 1. The molecule has 1 fully saturated rings. The monoisotopic (exact) mass is 296 g/mol. The molecule has 2 rings (SSSR count). The van der Waals surface area contributed by atoms with Crippen LogP contribution in [-0.4, -0.2) is 48.1 Å². The smallest absolute Gasteiger partial charge is 0.185 e. The van der Waals surface area contributed by atoms with E-state index in [0.29, 0.717) is 12.1 Å². The molecule has 1 aromatic heterocycles. The first-order valence-corrected chi connectivity index (χ1v) is 8.62. The normalized spacial score (nSPS) is 19.5. The Bertz CT molecular complexity index is 400. The van der Waals surface area contributed by atoms with Crippen molar-refractivity contribution in [3.8, 4) is 0 Å². The van der Waals surface area contributed by atoms with Crippen molar-refractivity contribution in [2.45, 2.75) is 52.7 Å². The van der Waals surface area contributed by atoms with Crippen molar-refractivity contribution in [1.82, 2.24) is 15.2 Å². The topological polar surface area (TPSA) is 31.4 Å². The lowest BCUT2D eigenvalue weighted by molar-refractivity contribution is 0.232. The van der Waals surface area contributed by atoms with Gasteiger partial charge in [-0.2, -0.15) is 0 Å². The van der Waals surface area contributed by atoms with E-state index >= 15 is 0 Å². The summed E-state index contributed by atoms with van der Waals surface area (Å²) in [5.41, 5.74) is 0. The van der Waals surface area contributed by atoms with Crippen molar-refractivity contribution in [2.24, 2.45) is 0 Å². The summed E-state index contributed by atoms with van der Waals surface area (Å²) in [6, 6.07) is 1.23. The van der Waals surface area contributed by atoms with Crippen molar-refractivity contribution < 1.29 is 0 Å². The first kappa shape index (κ1) is 15.7. The highest BCUT2D eigenvalue weighted by Gasteiger charge is 2.27. The van der Waals surface area contributed by atoms with Gasteiger partial charge in [0.05, 0.1) is 0 Å². The molecule has 0 saturated carbocycles. The number of hydrogen-bond acceptors (Lipinski definition) is 5. The van der Waals surface area contributed by atoms with E-state index in [4.69, 9.17) is 0 Å². The molecule has 0 aliphatic carbocycles. The molecule has 0 spiro atoms. The van der Waals surface area contributed by atoms with Crippen LogP contribution in [-0.2, 0) is 6.54 Å². The maximum Gasteiger partial charge on any atom is 0.185 e. The number of nitrogens with zero attached hydrogens (tertiary/aromatic N) is 3. The summed E-state index contributed by atoms with van der Waals surface area (Å²) in [5.74, 6) is 0. The van der Waals surface area contributed by atoms with Crippen LogP contribution < -0.4 is 10.2 Å². The minimum absolute atomic E-state index is 0.527. The van der Waals surface area contributed by atoms with Crippen molar-refractivity contribution in [3.63, 3.8) is 0 Å². The third-order valence-electron chi connectivity index (χ3n) is 3.99. The molecule has 0 amide bonds. The standard InChI is InChI=1S/C15H28N4S/c1-5-18(6-2)13-7-8-19(11-13)15-17-10-14(20-15)9-16-12(3)4/h10,12-13,16H,5-9,11H2,1-4H3. The molecule has 0 radical (unpaired) electrons. The molecule has 1 saturated heterocycles. The Labute approximate surface area is 127 Å². The van der Waals surface area contributed by atoms with Crippen LogP contribution in [0.25, 0.3) is 0 Å². The molecule has 4 nitrogen and oxygen atoms in total. The second kappa shape index (κ2) is 7.38. The molecule has 5 heteroatoms. The molecular formula is C15H28N4S. The fourth-order valence-electron chi connectivity index (χ4n) is 2.78. The molecule has 1 aliphatic heterocycles. The van der Waals surface area contributed by atoms with E-state index in [1.807, 2.05) is 17.5 Å². The third kappa shape index (κ3) is 3.93. The van der Waals surface area contributed by atoms with Gasteiger partial charge in [-0.1, -0.05) is 27.7 Å².